The first kappa shape index (κ1) is 21.8. The van der Waals surface area contributed by atoms with Gasteiger partial charge in [-0.15, -0.1) is 0 Å². The summed E-state index contributed by atoms with van der Waals surface area (Å²) >= 11 is 0. The van der Waals surface area contributed by atoms with E-state index in [-0.39, 0.29) is 6.61 Å². The first-order chi connectivity index (χ1) is 12.2. The molecule has 0 radical (unpaired) electrons. The first-order valence-electron chi connectivity index (χ1n) is 8.10. The van der Waals surface area contributed by atoms with Gasteiger partial charge in [-0.1, -0.05) is 6.07 Å². The summed E-state index contributed by atoms with van der Waals surface area (Å²) in [6.07, 6.45) is 1.34. The van der Waals surface area contributed by atoms with Crippen LogP contribution >= 0.6 is 0 Å². The summed E-state index contributed by atoms with van der Waals surface area (Å²) < 4.78 is 26.3. The highest BCUT2D eigenvalue weighted by Crippen LogP contribution is 2.02. The van der Waals surface area contributed by atoms with Gasteiger partial charge in [-0.05, 0) is 6.07 Å². The number of ether oxygens (including phenoxy) is 5. The Morgan fingerprint density at radius 3 is 1.72 bits per heavy atom. The van der Waals surface area contributed by atoms with Crippen LogP contribution in [0.2, 0.25) is 0 Å². The minimum atomic E-state index is -1.53. The number of hydrogen-bond donors (Lipinski definition) is 3. The summed E-state index contributed by atoms with van der Waals surface area (Å²) in [5.74, 6) is 0.393. The molecule has 10 heteroatoms. The molecule has 0 spiro atoms. The van der Waals surface area contributed by atoms with E-state index in [4.69, 9.17) is 38.8 Å². The molecular formula is C15H26BNO8. The quantitative estimate of drug-likeness (QED) is 0.232. The van der Waals surface area contributed by atoms with Crippen molar-refractivity contribution < 1.29 is 38.8 Å². The predicted molar refractivity (Wildman–Crippen MR) is 89.9 cm³/mol. The lowest BCUT2D eigenvalue weighted by Crippen LogP contribution is -2.29. The van der Waals surface area contributed by atoms with E-state index in [2.05, 4.69) is 4.98 Å². The third-order valence-electron chi connectivity index (χ3n) is 2.89. The minimum Gasteiger partial charge on any atom is -0.475 e. The Hall–Kier alpha value is -1.27. The van der Waals surface area contributed by atoms with E-state index in [1.807, 2.05) is 0 Å². The predicted octanol–water partition coefficient (Wildman–Crippen LogP) is -1.80. The van der Waals surface area contributed by atoms with Crippen molar-refractivity contribution in [3.05, 3.63) is 18.3 Å². The number of pyridine rings is 1. The van der Waals surface area contributed by atoms with E-state index >= 15 is 0 Å². The molecule has 9 nitrogen and oxygen atoms in total. The van der Waals surface area contributed by atoms with Crippen LogP contribution in [0.4, 0.5) is 0 Å². The van der Waals surface area contributed by atoms with Gasteiger partial charge >= 0.3 is 7.12 Å². The Morgan fingerprint density at radius 1 is 0.760 bits per heavy atom. The van der Waals surface area contributed by atoms with E-state index in [0.29, 0.717) is 70.8 Å². The zero-order valence-corrected chi connectivity index (χ0v) is 14.2. The number of aromatic nitrogens is 1. The zero-order valence-electron chi connectivity index (χ0n) is 14.2. The highest BCUT2D eigenvalue weighted by molar-refractivity contribution is 6.58. The fourth-order valence-electron chi connectivity index (χ4n) is 1.66. The molecule has 3 N–H and O–H groups in total. The third-order valence-corrected chi connectivity index (χ3v) is 2.89. The molecule has 0 saturated carbocycles. The molecule has 1 aromatic rings. The van der Waals surface area contributed by atoms with Crippen molar-refractivity contribution in [3.8, 4) is 5.88 Å². The Balaban J connectivity index is 1.84. The van der Waals surface area contributed by atoms with Crippen molar-refractivity contribution >= 4 is 12.6 Å². The molecule has 0 fully saturated rings. The van der Waals surface area contributed by atoms with Gasteiger partial charge in [0.25, 0.3) is 0 Å². The Kier molecular flexibility index (Phi) is 13.1. The molecule has 0 aromatic carbocycles. The van der Waals surface area contributed by atoms with Gasteiger partial charge in [0, 0.05) is 11.7 Å². The molecule has 0 aliphatic rings. The van der Waals surface area contributed by atoms with Gasteiger partial charge in [0.2, 0.25) is 5.88 Å². The second kappa shape index (κ2) is 15.0. The third kappa shape index (κ3) is 11.8. The average molecular weight is 359 g/mol. The highest BCUT2D eigenvalue weighted by Gasteiger charge is 2.10. The smallest absolute Gasteiger partial charge is 0.475 e. The maximum absolute atomic E-state index is 8.94. The molecule has 25 heavy (non-hydrogen) atoms. The summed E-state index contributed by atoms with van der Waals surface area (Å²) in [4.78, 5) is 3.94. The molecular weight excluding hydrogens is 333 g/mol. The Labute approximate surface area is 147 Å². The Morgan fingerprint density at radius 2 is 1.28 bits per heavy atom. The summed E-state index contributed by atoms with van der Waals surface area (Å²) in [5.41, 5.74) is 0.308. The van der Waals surface area contributed by atoms with Gasteiger partial charge in [-0.2, -0.15) is 0 Å². The second-order valence-corrected chi connectivity index (χ2v) is 4.82. The molecule has 0 atom stereocenters. The number of nitrogens with zero attached hydrogens (tertiary/aromatic N) is 1. The molecule has 0 aliphatic carbocycles. The van der Waals surface area contributed by atoms with Gasteiger partial charge in [0.15, 0.2) is 0 Å². The van der Waals surface area contributed by atoms with Crippen molar-refractivity contribution in [2.75, 3.05) is 66.1 Å². The van der Waals surface area contributed by atoms with Crippen LogP contribution in [-0.2, 0) is 18.9 Å². The molecule has 1 rings (SSSR count). The molecule has 0 saturated heterocycles. The second-order valence-electron chi connectivity index (χ2n) is 4.82. The molecule has 0 bridgehead atoms. The van der Waals surface area contributed by atoms with E-state index in [1.54, 1.807) is 6.07 Å². The van der Waals surface area contributed by atoms with E-state index < -0.39 is 7.12 Å². The van der Waals surface area contributed by atoms with Crippen LogP contribution < -0.4 is 10.2 Å². The molecule has 142 valence electrons. The maximum Gasteiger partial charge on any atom is 0.490 e. The van der Waals surface area contributed by atoms with Crippen molar-refractivity contribution in [1.29, 1.82) is 0 Å². The molecule has 0 amide bonds. The summed E-state index contributed by atoms with van der Waals surface area (Å²) in [7, 11) is -1.53. The van der Waals surface area contributed by atoms with Gasteiger partial charge in [0.1, 0.15) is 6.61 Å². The van der Waals surface area contributed by atoms with Crippen LogP contribution in [0.15, 0.2) is 18.3 Å². The lowest BCUT2D eigenvalue weighted by molar-refractivity contribution is -0.00789. The van der Waals surface area contributed by atoms with Crippen LogP contribution in [0.25, 0.3) is 0 Å². The first-order valence-corrected chi connectivity index (χ1v) is 8.10. The lowest BCUT2D eigenvalue weighted by atomic mass is 9.82. The van der Waals surface area contributed by atoms with Gasteiger partial charge in [0.05, 0.1) is 59.5 Å². The monoisotopic (exact) mass is 359 g/mol. The molecule has 1 heterocycles. The van der Waals surface area contributed by atoms with Crippen molar-refractivity contribution in [2.45, 2.75) is 0 Å². The number of aliphatic hydroxyl groups is 1. The van der Waals surface area contributed by atoms with E-state index in [0.717, 1.165) is 0 Å². The highest BCUT2D eigenvalue weighted by atomic mass is 16.6. The van der Waals surface area contributed by atoms with Gasteiger partial charge < -0.3 is 38.8 Å². The van der Waals surface area contributed by atoms with Crippen LogP contribution in [0.3, 0.4) is 0 Å². The van der Waals surface area contributed by atoms with Gasteiger partial charge in [-0.25, -0.2) is 4.98 Å². The fourth-order valence-corrected chi connectivity index (χ4v) is 1.66. The summed E-state index contributed by atoms with van der Waals surface area (Å²) in [5, 5.41) is 26.4. The van der Waals surface area contributed by atoms with Crippen molar-refractivity contribution in [2.24, 2.45) is 0 Å². The zero-order chi connectivity index (χ0) is 18.2. The van der Waals surface area contributed by atoms with Crippen molar-refractivity contribution in [3.63, 3.8) is 0 Å². The molecule has 1 aromatic heterocycles. The summed E-state index contributed by atoms with van der Waals surface area (Å²) in [6, 6.07) is 3.09. The maximum atomic E-state index is 8.94. The summed E-state index contributed by atoms with van der Waals surface area (Å²) in [6.45, 7) is 3.89. The minimum absolute atomic E-state index is 0.0186. The number of aliphatic hydroxyl groups excluding tert-OH is 1. The largest absolute Gasteiger partial charge is 0.490 e. The van der Waals surface area contributed by atoms with Crippen LogP contribution in [0, 0.1) is 0 Å². The molecule has 0 unspecified atom stereocenters. The number of rotatable bonds is 16. The Bertz CT molecular complexity index is 420. The standard InChI is InChI=1S/C15H26BNO8/c18-3-4-21-5-6-22-7-8-23-9-10-24-11-12-25-15-2-1-14(13-17-15)16(19)20/h1-2,13,18-20H,3-12H2. The fraction of sp³-hybridized carbons (Fsp3) is 0.667. The lowest BCUT2D eigenvalue weighted by Gasteiger charge is -2.08. The topological polar surface area (TPSA) is 120 Å². The molecule has 0 aliphatic heterocycles. The van der Waals surface area contributed by atoms with Crippen LogP contribution in [-0.4, -0.2) is 93.3 Å². The van der Waals surface area contributed by atoms with Crippen molar-refractivity contribution in [1.82, 2.24) is 4.98 Å². The number of hydrogen-bond acceptors (Lipinski definition) is 9. The van der Waals surface area contributed by atoms with Crippen LogP contribution in [0.1, 0.15) is 0 Å². The SMILES string of the molecule is OCCOCCOCCOCCOCCOc1ccc(B(O)O)cn1. The normalized spacial score (nSPS) is 10.8. The van der Waals surface area contributed by atoms with Gasteiger partial charge in [-0.3, -0.25) is 0 Å². The van der Waals surface area contributed by atoms with E-state index in [9.17, 15) is 0 Å². The van der Waals surface area contributed by atoms with Crippen LogP contribution in [0.5, 0.6) is 5.88 Å². The average Bonchev–Trinajstić information content (AvgIpc) is 2.62. The van der Waals surface area contributed by atoms with E-state index in [1.165, 1.54) is 12.3 Å².